The Morgan fingerprint density at radius 3 is 2.49 bits per heavy atom. The van der Waals surface area contributed by atoms with Gasteiger partial charge in [0, 0.05) is 50.0 Å². The van der Waals surface area contributed by atoms with Crippen LogP contribution in [-0.4, -0.2) is 65.4 Å². The topological polar surface area (TPSA) is 115 Å². The van der Waals surface area contributed by atoms with Crippen LogP contribution in [0.25, 0.3) is 0 Å². The molecule has 4 rings (SSSR count). The van der Waals surface area contributed by atoms with Gasteiger partial charge in [-0.1, -0.05) is 29.3 Å². The van der Waals surface area contributed by atoms with Gasteiger partial charge in [0.05, 0.1) is 28.5 Å². The molecule has 0 bridgehead atoms. The predicted octanol–water partition coefficient (Wildman–Crippen LogP) is 3.18. The van der Waals surface area contributed by atoms with Gasteiger partial charge in [-0.2, -0.15) is 0 Å². The molecule has 1 aromatic heterocycles. The fraction of sp³-hybridized carbons (Fsp3) is 0.480. The molecule has 2 aromatic rings. The molecule has 0 unspecified atom stereocenters. The average Bonchev–Trinajstić information content (AvgIpc) is 3.32. The molecule has 4 N–H and O–H groups in total. The molecule has 0 spiro atoms. The van der Waals surface area contributed by atoms with Gasteiger partial charge >= 0.3 is 0 Å². The molecule has 1 aromatic carbocycles. The number of nitrogens with two attached hydrogens (primary N) is 2. The van der Waals surface area contributed by atoms with Crippen LogP contribution in [-0.2, 0) is 9.59 Å². The van der Waals surface area contributed by atoms with Gasteiger partial charge in [0.2, 0.25) is 17.7 Å². The molecule has 0 radical (unpaired) electrons. The van der Waals surface area contributed by atoms with Crippen molar-refractivity contribution in [2.45, 2.75) is 31.8 Å². The summed E-state index contributed by atoms with van der Waals surface area (Å²) < 4.78 is 6.17. The minimum Gasteiger partial charge on any atom is -0.474 e. The summed E-state index contributed by atoms with van der Waals surface area (Å²) in [6, 6.07) is 9.12. The van der Waals surface area contributed by atoms with E-state index in [1.165, 1.54) is 0 Å². The zero-order valence-corrected chi connectivity index (χ0v) is 21.2. The van der Waals surface area contributed by atoms with Gasteiger partial charge in [-0.25, -0.2) is 4.98 Å². The van der Waals surface area contributed by atoms with Crippen LogP contribution in [0.1, 0.15) is 31.2 Å². The van der Waals surface area contributed by atoms with Crippen molar-refractivity contribution in [1.82, 2.24) is 14.8 Å². The van der Waals surface area contributed by atoms with E-state index in [1.54, 1.807) is 29.3 Å². The number of anilines is 1. The molecule has 2 fully saturated rings. The second kappa shape index (κ2) is 11.0. The Morgan fingerprint density at radius 2 is 1.86 bits per heavy atom. The highest BCUT2D eigenvalue weighted by Crippen LogP contribution is 2.39. The van der Waals surface area contributed by atoms with Crippen molar-refractivity contribution in [2.75, 3.05) is 38.5 Å². The van der Waals surface area contributed by atoms with Gasteiger partial charge in [-0.05, 0) is 43.5 Å². The third-order valence-corrected chi connectivity index (χ3v) is 7.83. The first-order valence-corrected chi connectivity index (χ1v) is 12.6. The molecular formula is C25H31Cl2N5O3. The quantitative estimate of drug-likeness (QED) is 0.605. The van der Waals surface area contributed by atoms with E-state index in [1.807, 2.05) is 24.0 Å². The smallest absolute Gasteiger partial charge is 0.236 e. The lowest BCUT2D eigenvalue weighted by Gasteiger charge is -2.33. The van der Waals surface area contributed by atoms with Crippen LogP contribution in [0.3, 0.4) is 0 Å². The number of halogens is 2. The third-order valence-electron chi connectivity index (χ3n) is 7.09. The Labute approximate surface area is 215 Å². The van der Waals surface area contributed by atoms with E-state index >= 15 is 0 Å². The van der Waals surface area contributed by atoms with Crippen molar-refractivity contribution >= 4 is 40.7 Å². The SMILES string of the molecule is C[C@H](Oc1ccc(N)cn1)[C@H]1CN(C(=O)C2CCN(C(=O)CN)CC2)C[C@@H]1c1ccc(Cl)c(Cl)c1. The molecule has 3 atom stereocenters. The van der Waals surface area contributed by atoms with Crippen LogP contribution >= 0.6 is 23.2 Å². The van der Waals surface area contributed by atoms with Crippen LogP contribution in [0.5, 0.6) is 5.88 Å². The molecule has 2 aliphatic heterocycles. The molecular weight excluding hydrogens is 489 g/mol. The maximum absolute atomic E-state index is 13.5. The van der Waals surface area contributed by atoms with Gasteiger partial charge in [0.25, 0.3) is 0 Å². The minimum absolute atomic E-state index is 0.00149. The van der Waals surface area contributed by atoms with E-state index in [2.05, 4.69) is 4.98 Å². The Bertz CT molecular complexity index is 1060. The van der Waals surface area contributed by atoms with E-state index in [4.69, 9.17) is 39.4 Å². The first-order valence-electron chi connectivity index (χ1n) is 11.9. The number of ether oxygens (including phenoxy) is 1. The van der Waals surface area contributed by atoms with Gasteiger partial charge in [0.15, 0.2) is 0 Å². The number of hydrogen-bond donors (Lipinski definition) is 2. The Balaban J connectivity index is 1.50. The maximum atomic E-state index is 13.5. The zero-order valence-electron chi connectivity index (χ0n) is 19.7. The lowest BCUT2D eigenvalue weighted by atomic mass is 9.86. The van der Waals surface area contributed by atoms with Crippen molar-refractivity contribution in [1.29, 1.82) is 0 Å². The van der Waals surface area contributed by atoms with Crippen molar-refractivity contribution in [3.63, 3.8) is 0 Å². The number of piperidine rings is 1. The molecule has 2 amide bonds. The molecule has 2 aliphatic rings. The van der Waals surface area contributed by atoms with E-state index < -0.39 is 0 Å². The number of nitrogens with zero attached hydrogens (tertiary/aromatic N) is 3. The number of pyridine rings is 1. The molecule has 0 saturated carbocycles. The summed E-state index contributed by atoms with van der Waals surface area (Å²) in [6.45, 7) is 4.23. The summed E-state index contributed by atoms with van der Waals surface area (Å²) in [7, 11) is 0. The molecule has 188 valence electrons. The fourth-order valence-electron chi connectivity index (χ4n) is 5.08. The van der Waals surface area contributed by atoms with Gasteiger partial charge in [0.1, 0.15) is 6.10 Å². The van der Waals surface area contributed by atoms with E-state index in [0.29, 0.717) is 60.6 Å². The lowest BCUT2D eigenvalue weighted by molar-refractivity contribution is -0.139. The van der Waals surface area contributed by atoms with Crippen molar-refractivity contribution in [2.24, 2.45) is 17.6 Å². The molecule has 2 saturated heterocycles. The van der Waals surface area contributed by atoms with Gasteiger partial charge in [-0.3, -0.25) is 9.59 Å². The second-order valence-electron chi connectivity index (χ2n) is 9.30. The van der Waals surface area contributed by atoms with E-state index in [0.717, 1.165) is 5.56 Å². The molecule has 0 aliphatic carbocycles. The van der Waals surface area contributed by atoms with Crippen molar-refractivity contribution in [3.8, 4) is 5.88 Å². The number of nitrogen functional groups attached to an aromatic ring is 1. The Morgan fingerprint density at radius 1 is 1.11 bits per heavy atom. The second-order valence-corrected chi connectivity index (χ2v) is 10.1. The summed E-state index contributed by atoms with van der Waals surface area (Å²) in [4.78, 5) is 33.3. The minimum atomic E-state index is -0.215. The number of carbonyl (C=O) groups is 2. The highest BCUT2D eigenvalue weighted by atomic mass is 35.5. The summed E-state index contributed by atoms with van der Waals surface area (Å²) >= 11 is 12.5. The standard InChI is InChI=1S/C25H31Cl2N5O3/c1-15(35-23-5-3-18(29)12-30-23)19-13-32(14-20(19)17-2-4-21(26)22(27)10-17)25(34)16-6-8-31(9-7-16)24(33)11-28/h2-5,10,12,15-16,19-20H,6-9,11,13-14,28-29H2,1H3/t15-,19+,20+/m0/s1. The largest absolute Gasteiger partial charge is 0.474 e. The van der Waals surface area contributed by atoms with Crippen LogP contribution < -0.4 is 16.2 Å². The number of benzene rings is 1. The molecule has 35 heavy (non-hydrogen) atoms. The number of carbonyl (C=O) groups excluding carboxylic acids is 2. The van der Waals surface area contributed by atoms with Crippen LogP contribution in [0, 0.1) is 11.8 Å². The molecule has 10 heteroatoms. The third kappa shape index (κ3) is 5.82. The van der Waals surface area contributed by atoms with Crippen LogP contribution in [0.4, 0.5) is 5.69 Å². The summed E-state index contributed by atoms with van der Waals surface area (Å²) in [5.74, 6) is 0.474. The average molecular weight is 520 g/mol. The first kappa shape index (κ1) is 25.5. The zero-order chi connectivity index (χ0) is 25.1. The van der Waals surface area contributed by atoms with Crippen LogP contribution in [0.2, 0.25) is 10.0 Å². The first-order chi connectivity index (χ1) is 16.8. The predicted molar refractivity (Wildman–Crippen MR) is 136 cm³/mol. The van der Waals surface area contributed by atoms with Crippen molar-refractivity contribution < 1.29 is 14.3 Å². The molecule has 8 nitrogen and oxygen atoms in total. The van der Waals surface area contributed by atoms with E-state index in [9.17, 15) is 9.59 Å². The number of rotatable bonds is 6. The Kier molecular flexibility index (Phi) is 8.04. The monoisotopic (exact) mass is 519 g/mol. The fourth-order valence-corrected chi connectivity index (χ4v) is 5.39. The van der Waals surface area contributed by atoms with Crippen LogP contribution in [0.15, 0.2) is 36.5 Å². The molecule has 3 heterocycles. The normalized spacial score (nSPS) is 21.7. The highest BCUT2D eigenvalue weighted by Gasteiger charge is 2.42. The number of aromatic nitrogens is 1. The number of likely N-dealkylation sites (tertiary alicyclic amines) is 2. The number of amides is 2. The van der Waals surface area contributed by atoms with Gasteiger partial charge < -0.3 is 26.0 Å². The Hall–Kier alpha value is -2.55. The number of hydrogen-bond acceptors (Lipinski definition) is 6. The van der Waals surface area contributed by atoms with E-state index in [-0.39, 0.29) is 42.2 Å². The maximum Gasteiger partial charge on any atom is 0.236 e. The summed E-state index contributed by atoms with van der Waals surface area (Å²) in [5, 5.41) is 0.977. The summed E-state index contributed by atoms with van der Waals surface area (Å²) in [5.41, 5.74) is 12.8. The van der Waals surface area contributed by atoms with Gasteiger partial charge in [-0.15, -0.1) is 0 Å². The van der Waals surface area contributed by atoms with Crippen molar-refractivity contribution in [3.05, 3.63) is 52.1 Å². The summed E-state index contributed by atoms with van der Waals surface area (Å²) in [6.07, 6.45) is 2.63. The lowest BCUT2D eigenvalue weighted by Crippen LogP contribution is -2.45. The highest BCUT2D eigenvalue weighted by molar-refractivity contribution is 6.42.